The van der Waals surface area contributed by atoms with Gasteiger partial charge in [-0.3, -0.25) is 4.79 Å². The number of amides is 1. The molecule has 0 fully saturated rings. The van der Waals surface area contributed by atoms with Crippen molar-refractivity contribution >= 4 is 43.7 Å². The lowest BCUT2D eigenvalue weighted by Crippen LogP contribution is -2.42. The predicted octanol–water partition coefficient (Wildman–Crippen LogP) is 3.67. The third-order valence-electron chi connectivity index (χ3n) is 2.23. The summed E-state index contributed by atoms with van der Waals surface area (Å²) in [7, 11) is 0. The Morgan fingerprint density at radius 3 is 2.10 bits per heavy atom. The zero-order valence-corrected chi connectivity index (χ0v) is 15.0. The van der Waals surface area contributed by atoms with Gasteiger partial charge in [-0.25, -0.2) is 4.79 Å². The Morgan fingerprint density at radius 2 is 1.65 bits per heavy atom. The van der Waals surface area contributed by atoms with E-state index in [-0.39, 0.29) is 5.91 Å². The zero-order valence-electron chi connectivity index (χ0n) is 11.8. The number of esters is 1. The second-order valence-corrected chi connectivity index (χ2v) is 7.22. The number of halogens is 2. The van der Waals surface area contributed by atoms with Gasteiger partial charge in [0, 0.05) is 14.5 Å². The molecule has 1 aromatic rings. The molecule has 0 aliphatic carbocycles. The van der Waals surface area contributed by atoms with Gasteiger partial charge in [-0.1, -0.05) is 31.9 Å². The number of hydrogen-bond acceptors (Lipinski definition) is 3. The quantitative estimate of drug-likeness (QED) is 0.779. The lowest BCUT2D eigenvalue weighted by molar-refractivity contribution is -0.156. The normalized spacial score (nSPS) is 12.7. The summed E-state index contributed by atoms with van der Waals surface area (Å²) >= 11 is 6.63. The minimum atomic E-state index is -0.709. The summed E-state index contributed by atoms with van der Waals surface area (Å²) < 4.78 is 6.77. The maximum Gasteiger partial charge on any atom is 0.328 e. The zero-order chi connectivity index (χ0) is 15.5. The summed E-state index contributed by atoms with van der Waals surface area (Å²) in [5.41, 5.74) is -0.115. The molecule has 0 radical (unpaired) electrons. The topological polar surface area (TPSA) is 55.4 Å². The van der Waals surface area contributed by atoms with Crippen molar-refractivity contribution < 1.29 is 14.3 Å². The molecule has 20 heavy (non-hydrogen) atoms. The van der Waals surface area contributed by atoms with Gasteiger partial charge in [0.1, 0.15) is 11.6 Å². The van der Waals surface area contributed by atoms with Gasteiger partial charge < -0.3 is 10.1 Å². The second-order valence-electron chi connectivity index (χ2n) is 5.39. The van der Waals surface area contributed by atoms with Crippen molar-refractivity contribution in [2.45, 2.75) is 39.3 Å². The van der Waals surface area contributed by atoms with E-state index in [1.54, 1.807) is 39.8 Å². The molecule has 0 aromatic heterocycles. The Balaban J connectivity index is 2.72. The molecule has 1 atom stereocenters. The van der Waals surface area contributed by atoms with Crippen molar-refractivity contribution in [3.8, 4) is 0 Å². The van der Waals surface area contributed by atoms with Crippen LogP contribution in [-0.2, 0) is 9.53 Å². The van der Waals surface area contributed by atoms with E-state index in [0.29, 0.717) is 5.56 Å². The van der Waals surface area contributed by atoms with Gasteiger partial charge >= 0.3 is 5.97 Å². The van der Waals surface area contributed by atoms with Crippen LogP contribution in [0, 0.1) is 0 Å². The lowest BCUT2D eigenvalue weighted by atomic mass is 10.2. The number of ether oxygens (including phenoxy) is 1. The molecular formula is C14H17Br2NO3. The highest BCUT2D eigenvalue weighted by atomic mass is 79.9. The number of carbonyl (C=O) groups excluding carboxylic acids is 2. The Labute approximate surface area is 135 Å². The molecule has 1 N–H and O–H groups in total. The van der Waals surface area contributed by atoms with Crippen LogP contribution >= 0.6 is 31.9 Å². The van der Waals surface area contributed by atoms with Crippen LogP contribution in [0.2, 0.25) is 0 Å². The fourth-order valence-electron chi connectivity index (χ4n) is 1.41. The highest BCUT2D eigenvalue weighted by molar-refractivity contribution is 9.11. The average Bonchev–Trinajstić information content (AvgIpc) is 2.25. The summed E-state index contributed by atoms with van der Waals surface area (Å²) in [6.45, 7) is 6.94. The fraction of sp³-hybridized carbons (Fsp3) is 0.429. The first-order valence-corrected chi connectivity index (χ1v) is 7.67. The van der Waals surface area contributed by atoms with E-state index in [2.05, 4.69) is 37.2 Å². The number of benzene rings is 1. The van der Waals surface area contributed by atoms with E-state index in [1.807, 2.05) is 6.07 Å². The van der Waals surface area contributed by atoms with Gasteiger partial charge in [-0.15, -0.1) is 0 Å². The van der Waals surface area contributed by atoms with E-state index < -0.39 is 17.6 Å². The molecule has 1 rings (SSSR count). The standard InChI is InChI=1S/C14H17Br2NO3/c1-8(13(19)20-14(2,3)4)17-12(18)9-5-10(15)7-11(16)6-9/h5-8H,1-4H3,(H,17,18)/t8-/m1/s1. The Kier molecular flexibility index (Phi) is 5.77. The van der Waals surface area contributed by atoms with Crippen LogP contribution in [0.15, 0.2) is 27.1 Å². The summed E-state index contributed by atoms with van der Waals surface area (Å²) in [6.07, 6.45) is 0. The number of hydrogen-bond donors (Lipinski definition) is 1. The van der Waals surface area contributed by atoms with E-state index >= 15 is 0 Å². The fourth-order valence-corrected chi connectivity index (χ4v) is 2.71. The second kappa shape index (κ2) is 6.72. The highest BCUT2D eigenvalue weighted by Crippen LogP contribution is 2.20. The minimum Gasteiger partial charge on any atom is -0.458 e. The maximum atomic E-state index is 12.1. The number of rotatable bonds is 3. The summed E-state index contributed by atoms with van der Waals surface area (Å²) in [5.74, 6) is -0.787. The Morgan fingerprint density at radius 1 is 1.15 bits per heavy atom. The number of carbonyl (C=O) groups is 2. The molecule has 0 aliphatic heterocycles. The molecule has 0 saturated heterocycles. The van der Waals surface area contributed by atoms with Gasteiger partial charge in [0.05, 0.1) is 0 Å². The summed E-state index contributed by atoms with van der Waals surface area (Å²) in [6, 6.07) is 4.48. The predicted molar refractivity (Wildman–Crippen MR) is 84.6 cm³/mol. The molecular weight excluding hydrogens is 390 g/mol. The van der Waals surface area contributed by atoms with Crippen molar-refractivity contribution in [3.63, 3.8) is 0 Å². The maximum absolute atomic E-state index is 12.1. The molecule has 0 aliphatic rings. The molecule has 0 spiro atoms. The van der Waals surface area contributed by atoms with Crippen LogP contribution in [0.25, 0.3) is 0 Å². The first-order chi connectivity index (χ1) is 9.08. The molecule has 110 valence electrons. The largest absolute Gasteiger partial charge is 0.458 e. The van der Waals surface area contributed by atoms with Gasteiger partial charge in [-0.05, 0) is 45.9 Å². The van der Waals surface area contributed by atoms with Crippen molar-refractivity contribution in [2.24, 2.45) is 0 Å². The molecule has 4 nitrogen and oxygen atoms in total. The minimum absolute atomic E-state index is 0.328. The van der Waals surface area contributed by atoms with Crippen LogP contribution < -0.4 is 5.32 Å². The number of nitrogens with one attached hydrogen (secondary N) is 1. The molecule has 0 saturated carbocycles. The smallest absolute Gasteiger partial charge is 0.328 e. The first-order valence-electron chi connectivity index (χ1n) is 6.08. The monoisotopic (exact) mass is 405 g/mol. The molecule has 0 unspecified atom stereocenters. The molecule has 6 heteroatoms. The third-order valence-corrected chi connectivity index (χ3v) is 3.15. The van der Waals surface area contributed by atoms with Crippen LogP contribution in [0.4, 0.5) is 0 Å². The molecule has 1 amide bonds. The van der Waals surface area contributed by atoms with Gasteiger partial charge in [0.25, 0.3) is 5.91 Å². The van der Waals surface area contributed by atoms with Crippen molar-refractivity contribution in [2.75, 3.05) is 0 Å². The Hall–Kier alpha value is -0.880. The third kappa shape index (κ3) is 5.63. The van der Waals surface area contributed by atoms with E-state index in [0.717, 1.165) is 8.95 Å². The van der Waals surface area contributed by atoms with Crippen molar-refractivity contribution in [3.05, 3.63) is 32.7 Å². The lowest BCUT2D eigenvalue weighted by Gasteiger charge is -2.22. The van der Waals surface area contributed by atoms with Crippen LogP contribution in [-0.4, -0.2) is 23.5 Å². The van der Waals surface area contributed by atoms with Gasteiger partial charge in [0.2, 0.25) is 0 Å². The average molecular weight is 407 g/mol. The van der Waals surface area contributed by atoms with E-state index in [9.17, 15) is 9.59 Å². The molecule has 0 heterocycles. The van der Waals surface area contributed by atoms with E-state index in [4.69, 9.17) is 4.74 Å². The van der Waals surface area contributed by atoms with Gasteiger partial charge in [0.15, 0.2) is 0 Å². The van der Waals surface area contributed by atoms with Crippen LogP contribution in [0.3, 0.4) is 0 Å². The van der Waals surface area contributed by atoms with Crippen molar-refractivity contribution in [1.29, 1.82) is 0 Å². The van der Waals surface area contributed by atoms with Crippen LogP contribution in [0.5, 0.6) is 0 Å². The van der Waals surface area contributed by atoms with Gasteiger partial charge in [-0.2, -0.15) is 0 Å². The first kappa shape index (κ1) is 17.2. The van der Waals surface area contributed by atoms with E-state index in [1.165, 1.54) is 0 Å². The summed E-state index contributed by atoms with van der Waals surface area (Å²) in [4.78, 5) is 23.9. The summed E-state index contributed by atoms with van der Waals surface area (Å²) in [5, 5.41) is 2.62. The van der Waals surface area contributed by atoms with Crippen molar-refractivity contribution in [1.82, 2.24) is 5.32 Å². The SMILES string of the molecule is C[C@@H](NC(=O)c1cc(Br)cc(Br)c1)C(=O)OC(C)(C)C. The highest BCUT2D eigenvalue weighted by Gasteiger charge is 2.23. The molecule has 0 bridgehead atoms. The molecule has 1 aromatic carbocycles. The van der Waals surface area contributed by atoms with Crippen LogP contribution in [0.1, 0.15) is 38.1 Å². The Bertz CT molecular complexity index is 503.